The van der Waals surface area contributed by atoms with Gasteiger partial charge in [-0.2, -0.15) is 0 Å². The highest BCUT2D eigenvalue weighted by atomic mass is 16.5. The number of hydrogen-bond donors (Lipinski definition) is 4. The van der Waals surface area contributed by atoms with E-state index in [1.165, 1.54) is 7.11 Å². The van der Waals surface area contributed by atoms with E-state index >= 15 is 0 Å². The Morgan fingerprint density at radius 3 is 1.62 bits per heavy atom. The Bertz CT molecular complexity index is 1850. The number of carbonyl (C=O) groups excluding carboxylic acids is 4. The fraction of sp³-hybridized carbons (Fsp3) is 0.200. The molecule has 4 aromatic carbocycles. The second-order valence-corrected chi connectivity index (χ2v) is 11.6. The summed E-state index contributed by atoms with van der Waals surface area (Å²) in [5.41, 5.74) is 2.35. The highest BCUT2D eigenvalue weighted by Gasteiger charge is 2.17. The van der Waals surface area contributed by atoms with Crippen molar-refractivity contribution in [3.63, 3.8) is 0 Å². The molecular formula is C40H40N4O6. The molecule has 0 saturated carbocycles. The van der Waals surface area contributed by atoms with Gasteiger partial charge in [0.05, 0.1) is 7.11 Å². The minimum absolute atomic E-state index is 0.0930. The number of fused-ring (bicyclic) bond motifs is 14. The first-order valence-electron chi connectivity index (χ1n) is 16.6. The minimum atomic E-state index is -0.410. The van der Waals surface area contributed by atoms with Crippen molar-refractivity contribution in [3.05, 3.63) is 137 Å². The fourth-order valence-corrected chi connectivity index (χ4v) is 5.21. The van der Waals surface area contributed by atoms with E-state index in [1.54, 1.807) is 103 Å². The summed E-state index contributed by atoms with van der Waals surface area (Å²) in [6, 6.07) is 29.6. The van der Waals surface area contributed by atoms with Gasteiger partial charge < -0.3 is 30.7 Å². The molecule has 2 aliphatic heterocycles. The maximum absolute atomic E-state index is 13.3. The van der Waals surface area contributed by atoms with Crippen molar-refractivity contribution in [2.45, 2.75) is 32.1 Å². The first-order chi connectivity index (χ1) is 24.4. The molecule has 0 fully saturated rings. The second-order valence-electron chi connectivity index (χ2n) is 11.6. The van der Waals surface area contributed by atoms with Crippen molar-refractivity contribution < 1.29 is 28.7 Å². The summed E-state index contributed by atoms with van der Waals surface area (Å²) in [7, 11) is 1.53. The van der Waals surface area contributed by atoms with Gasteiger partial charge in [-0.15, -0.1) is 0 Å². The molecule has 10 nitrogen and oxygen atoms in total. The second kappa shape index (κ2) is 17.8. The fourth-order valence-electron chi connectivity index (χ4n) is 5.21. The molecule has 0 aliphatic carbocycles. The van der Waals surface area contributed by atoms with E-state index in [9.17, 15) is 19.2 Å². The lowest BCUT2D eigenvalue weighted by Gasteiger charge is -2.14. The summed E-state index contributed by atoms with van der Waals surface area (Å²) >= 11 is 0. The van der Waals surface area contributed by atoms with Gasteiger partial charge in [0, 0.05) is 24.2 Å². The summed E-state index contributed by atoms with van der Waals surface area (Å²) in [6.45, 7) is 0.868. The molecule has 4 N–H and O–H groups in total. The highest BCUT2D eigenvalue weighted by molar-refractivity contribution is 6.06. The van der Waals surface area contributed by atoms with Crippen LogP contribution in [0.5, 0.6) is 17.2 Å². The smallest absolute Gasteiger partial charge is 0.267 e. The van der Waals surface area contributed by atoms with Crippen LogP contribution >= 0.6 is 0 Å². The normalized spacial score (nSPS) is 15.5. The monoisotopic (exact) mass is 672 g/mol. The number of amides is 4. The van der Waals surface area contributed by atoms with E-state index in [1.807, 2.05) is 12.1 Å². The molecule has 10 heteroatoms. The van der Waals surface area contributed by atoms with Gasteiger partial charge in [0.25, 0.3) is 23.6 Å². The van der Waals surface area contributed by atoms with Crippen LogP contribution in [-0.2, 0) is 9.59 Å². The molecule has 0 unspecified atom stereocenters. The quantitative estimate of drug-likeness (QED) is 0.199. The van der Waals surface area contributed by atoms with E-state index in [-0.39, 0.29) is 23.2 Å². The summed E-state index contributed by atoms with van der Waals surface area (Å²) in [6.07, 6.45) is 7.38. The predicted octanol–water partition coefficient (Wildman–Crippen LogP) is 6.23. The lowest BCUT2D eigenvalue weighted by Crippen LogP contribution is -2.35. The van der Waals surface area contributed by atoms with Crippen molar-refractivity contribution in [1.29, 1.82) is 0 Å². The molecule has 2 heterocycles. The maximum atomic E-state index is 13.3. The number of carbonyl (C=O) groups is 4. The summed E-state index contributed by atoms with van der Waals surface area (Å²) in [5, 5.41) is 11.4. The summed E-state index contributed by atoms with van der Waals surface area (Å²) in [5.74, 6) is -0.272. The van der Waals surface area contributed by atoms with Gasteiger partial charge in [-0.1, -0.05) is 73.9 Å². The number of methoxy groups -OCH3 is 1. The van der Waals surface area contributed by atoms with Gasteiger partial charge in [0.1, 0.15) is 17.1 Å². The Morgan fingerprint density at radius 1 is 0.620 bits per heavy atom. The van der Waals surface area contributed by atoms with Crippen LogP contribution in [0.15, 0.2) is 115 Å². The Labute approximate surface area is 291 Å². The zero-order valence-electron chi connectivity index (χ0n) is 27.9. The van der Waals surface area contributed by atoms with Gasteiger partial charge >= 0.3 is 0 Å². The molecule has 0 saturated heterocycles. The van der Waals surface area contributed by atoms with Gasteiger partial charge in [0.15, 0.2) is 11.5 Å². The minimum Gasteiger partial charge on any atom is -0.493 e. The van der Waals surface area contributed by atoms with Crippen LogP contribution in [0.25, 0.3) is 12.2 Å². The van der Waals surface area contributed by atoms with Gasteiger partial charge in [-0.3, -0.25) is 19.2 Å². The number of nitrogens with one attached hydrogen (secondary N) is 4. The van der Waals surface area contributed by atoms with Crippen LogP contribution in [0.2, 0.25) is 0 Å². The molecule has 0 atom stereocenters. The zero-order chi connectivity index (χ0) is 35.1. The SMILES string of the molecule is COc1ccc2cc1Oc1ccc(cc1)C=C(NC(=O)c1ccccc1)C(=O)NCCCCCCCNC(=O)/C(NC(=O)c1ccccc1)=C\2. The third kappa shape index (κ3) is 10.2. The Balaban J connectivity index is 1.44. The van der Waals surface area contributed by atoms with E-state index in [0.717, 1.165) is 32.1 Å². The van der Waals surface area contributed by atoms with Gasteiger partial charge in [-0.05, 0) is 84.7 Å². The summed E-state index contributed by atoms with van der Waals surface area (Å²) in [4.78, 5) is 52.6. The molecule has 0 aromatic heterocycles. The molecule has 50 heavy (non-hydrogen) atoms. The zero-order valence-corrected chi connectivity index (χ0v) is 27.9. The van der Waals surface area contributed by atoms with Crippen molar-refractivity contribution in [2.75, 3.05) is 20.2 Å². The summed E-state index contributed by atoms with van der Waals surface area (Å²) < 4.78 is 11.7. The molecule has 2 aliphatic rings. The molecule has 6 rings (SSSR count). The largest absolute Gasteiger partial charge is 0.493 e. The lowest BCUT2D eigenvalue weighted by atomic mass is 10.1. The van der Waals surface area contributed by atoms with Crippen molar-refractivity contribution >= 4 is 35.8 Å². The van der Waals surface area contributed by atoms with E-state index in [4.69, 9.17) is 9.47 Å². The first kappa shape index (κ1) is 35.2. The van der Waals surface area contributed by atoms with Crippen LogP contribution in [0.3, 0.4) is 0 Å². The van der Waals surface area contributed by atoms with E-state index in [2.05, 4.69) is 21.3 Å². The standard InChI is InChI=1S/C40H40N4O6/c1-49-35-22-19-29-26-34(44-38(46)31-15-9-6-10-16-31)40(48)42-24-12-4-2-3-11-23-41-39(47)33(43-37(45)30-13-7-5-8-14-30)25-28-17-20-32(21-18-28)50-36(35)27-29/h5-10,13-22,25-27H,2-4,11-12,23-24H2,1H3,(H,41,47)(H,42,48)(H,43,45)(H,44,46)/b33-25?,34-26+. The van der Waals surface area contributed by atoms with Crippen molar-refractivity contribution in [2.24, 2.45) is 0 Å². The molecule has 256 valence electrons. The van der Waals surface area contributed by atoms with Crippen molar-refractivity contribution in [1.82, 2.24) is 21.3 Å². The van der Waals surface area contributed by atoms with Crippen LogP contribution in [-0.4, -0.2) is 43.8 Å². The number of rotatable bonds is 5. The highest BCUT2D eigenvalue weighted by Crippen LogP contribution is 2.33. The average Bonchev–Trinajstić information content (AvgIpc) is 3.14. The van der Waals surface area contributed by atoms with Crippen LogP contribution < -0.4 is 30.7 Å². The third-order valence-electron chi connectivity index (χ3n) is 7.90. The van der Waals surface area contributed by atoms with Crippen LogP contribution in [0.1, 0.15) is 63.9 Å². The lowest BCUT2D eigenvalue weighted by molar-refractivity contribution is -0.118. The predicted molar refractivity (Wildman–Crippen MR) is 192 cm³/mol. The molecule has 0 radical (unpaired) electrons. The Hall–Kier alpha value is -6.16. The number of ether oxygens (including phenoxy) is 2. The van der Waals surface area contributed by atoms with E-state index < -0.39 is 11.8 Å². The number of hydrogen-bond acceptors (Lipinski definition) is 6. The van der Waals surface area contributed by atoms with Crippen LogP contribution in [0, 0.1) is 0 Å². The molecule has 4 bridgehead atoms. The van der Waals surface area contributed by atoms with Gasteiger partial charge in [-0.25, -0.2) is 0 Å². The van der Waals surface area contributed by atoms with Crippen LogP contribution in [0.4, 0.5) is 0 Å². The van der Waals surface area contributed by atoms with Crippen molar-refractivity contribution in [3.8, 4) is 17.2 Å². The average molecular weight is 673 g/mol. The molecule has 4 amide bonds. The Morgan fingerprint density at radius 2 is 1.10 bits per heavy atom. The molecule has 0 spiro atoms. The third-order valence-corrected chi connectivity index (χ3v) is 7.90. The molecule has 4 aromatic rings. The van der Waals surface area contributed by atoms with E-state index in [0.29, 0.717) is 52.6 Å². The topological polar surface area (TPSA) is 135 Å². The first-order valence-corrected chi connectivity index (χ1v) is 16.6. The maximum Gasteiger partial charge on any atom is 0.267 e. The molecular weight excluding hydrogens is 632 g/mol. The number of benzene rings is 4. The Kier molecular flexibility index (Phi) is 12.5. The van der Waals surface area contributed by atoms with Gasteiger partial charge in [0.2, 0.25) is 0 Å².